The van der Waals surface area contributed by atoms with Gasteiger partial charge in [0.15, 0.2) is 0 Å². The zero-order valence-corrected chi connectivity index (χ0v) is 18.3. The summed E-state index contributed by atoms with van der Waals surface area (Å²) >= 11 is 1.80. The van der Waals surface area contributed by atoms with Crippen LogP contribution in [0, 0.1) is 5.92 Å². The second-order valence-electron chi connectivity index (χ2n) is 8.85. The van der Waals surface area contributed by atoms with Crippen molar-refractivity contribution in [3.05, 3.63) is 48.4 Å². The standard InChI is InChI=1S/C24H25N5OS/c1-29-13-16(12-25-29)14-2-5-20(22(30)10-14)21-11-23-24(28-27-21)19(6-7-31-23)15-8-17-3-4-18(9-15)26-17/h2,5-6,10-13,15,17-18,26,30H,3-4,7-9H2,1H3/t15-,17-,18+. The highest BCUT2D eigenvalue weighted by Crippen LogP contribution is 2.44. The lowest BCUT2D eigenvalue weighted by atomic mass is 9.84. The van der Waals surface area contributed by atoms with Gasteiger partial charge in [0.1, 0.15) is 11.4 Å². The van der Waals surface area contributed by atoms with E-state index in [0.717, 1.165) is 22.6 Å². The first-order chi connectivity index (χ1) is 15.1. The molecule has 3 atom stereocenters. The highest BCUT2D eigenvalue weighted by atomic mass is 32.2. The highest BCUT2D eigenvalue weighted by Gasteiger charge is 2.36. The predicted octanol–water partition coefficient (Wildman–Crippen LogP) is 4.27. The minimum absolute atomic E-state index is 0.210. The summed E-state index contributed by atoms with van der Waals surface area (Å²) in [7, 11) is 1.88. The van der Waals surface area contributed by atoms with Crippen molar-refractivity contribution >= 4 is 17.3 Å². The summed E-state index contributed by atoms with van der Waals surface area (Å²) in [5.41, 5.74) is 5.75. The van der Waals surface area contributed by atoms with Crippen LogP contribution in [0.25, 0.3) is 28.0 Å². The number of hydrogen-bond donors (Lipinski definition) is 2. The summed E-state index contributed by atoms with van der Waals surface area (Å²) < 4.78 is 1.76. The van der Waals surface area contributed by atoms with Crippen LogP contribution in [0.3, 0.4) is 0 Å². The molecule has 3 aliphatic rings. The molecule has 0 amide bonds. The maximum absolute atomic E-state index is 10.7. The van der Waals surface area contributed by atoms with E-state index < -0.39 is 0 Å². The number of thioether (sulfide) groups is 1. The molecule has 0 radical (unpaired) electrons. The van der Waals surface area contributed by atoms with Gasteiger partial charge in [-0.3, -0.25) is 4.68 Å². The van der Waals surface area contributed by atoms with Crippen LogP contribution in [0.4, 0.5) is 0 Å². The van der Waals surface area contributed by atoms with E-state index in [1.54, 1.807) is 28.7 Å². The Bertz CT molecular complexity index is 1170. The molecule has 7 heteroatoms. The smallest absolute Gasteiger partial charge is 0.125 e. The summed E-state index contributed by atoms with van der Waals surface area (Å²) in [5.74, 6) is 1.76. The summed E-state index contributed by atoms with van der Waals surface area (Å²) in [6.07, 6.45) is 11.1. The Hall–Kier alpha value is -2.64. The minimum atomic E-state index is 0.210. The fraction of sp³-hybridized carbons (Fsp3) is 0.375. The Morgan fingerprint density at radius 2 is 1.94 bits per heavy atom. The Balaban J connectivity index is 1.30. The molecule has 3 aliphatic heterocycles. The third-order valence-electron chi connectivity index (χ3n) is 6.80. The van der Waals surface area contributed by atoms with Crippen molar-refractivity contribution < 1.29 is 5.11 Å². The molecule has 2 aromatic heterocycles. The van der Waals surface area contributed by atoms with Crippen molar-refractivity contribution in [1.82, 2.24) is 25.3 Å². The maximum Gasteiger partial charge on any atom is 0.125 e. The highest BCUT2D eigenvalue weighted by molar-refractivity contribution is 7.99. The van der Waals surface area contributed by atoms with Gasteiger partial charge < -0.3 is 10.4 Å². The molecule has 0 saturated carbocycles. The lowest BCUT2D eigenvalue weighted by Gasteiger charge is -2.32. The largest absolute Gasteiger partial charge is 0.507 e. The molecular weight excluding hydrogens is 406 g/mol. The molecule has 158 valence electrons. The van der Waals surface area contributed by atoms with Gasteiger partial charge in [-0.15, -0.1) is 22.0 Å². The van der Waals surface area contributed by atoms with E-state index in [9.17, 15) is 5.11 Å². The van der Waals surface area contributed by atoms with E-state index in [1.165, 1.54) is 36.2 Å². The molecule has 2 fully saturated rings. The number of fused-ring (bicyclic) bond motifs is 3. The lowest BCUT2D eigenvalue weighted by molar-refractivity contribution is 0.350. The average molecular weight is 432 g/mol. The van der Waals surface area contributed by atoms with Crippen LogP contribution in [-0.2, 0) is 7.05 Å². The topological polar surface area (TPSA) is 75.9 Å². The van der Waals surface area contributed by atoms with Crippen molar-refractivity contribution in [2.45, 2.75) is 42.7 Å². The van der Waals surface area contributed by atoms with Gasteiger partial charge in [0.25, 0.3) is 0 Å². The molecule has 2 N–H and O–H groups in total. The van der Waals surface area contributed by atoms with Gasteiger partial charge >= 0.3 is 0 Å². The summed E-state index contributed by atoms with van der Waals surface area (Å²) in [6, 6.07) is 9.10. The molecule has 2 saturated heterocycles. The van der Waals surface area contributed by atoms with Crippen LogP contribution in [0.1, 0.15) is 31.4 Å². The van der Waals surface area contributed by atoms with Gasteiger partial charge in [0.2, 0.25) is 0 Å². The molecule has 5 heterocycles. The van der Waals surface area contributed by atoms with E-state index in [-0.39, 0.29) is 5.75 Å². The van der Waals surface area contributed by atoms with Crippen molar-refractivity contribution in [3.8, 4) is 28.1 Å². The Morgan fingerprint density at radius 1 is 1.10 bits per heavy atom. The van der Waals surface area contributed by atoms with E-state index in [0.29, 0.717) is 29.3 Å². The van der Waals surface area contributed by atoms with Crippen molar-refractivity contribution in [1.29, 1.82) is 0 Å². The van der Waals surface area contributed by atoms with Crippen LogP contribution in [0.5, 0.6) is 5.75 Å². The fourth-order valence-electron chi connectivity index (χ4n) is 5.30. The molecule has 6 rings (SSSR count). The number of aromatic hydroxyl groups is 1. The first kappa shape index (κ1) is 19.1. The number of nitrogens with zero attached hydrogens (tertiary/aromatic N) is 4. The second kappa shape index (κ2) is 7.50. The number of benzene rings is 1. The van der Waals surface area contributed by atoms with Gasteiger partial charge in [-0.05, 0) is 60.9 Å². The number of rotatable bonds is 3. The van der Waals surface area contributed by atoms with Crippen LogP contribution < -0.4 is 5.32 Å². The number of phenols is 1. The van der Waals surface area contributed by atoms with Crippen LogP contribution in [0.15, 0.2) is 47.6 Å². The SMILES string of the molecule is Cn1cc(-c2ccc(-c3cc4c(nn3)C([C@@H]3C[C@H]5CC[C@@H](C3)N5)=CCS4)c(O)c2)cn1. The third kappa shape index (κ3) is 3.46. The first-order valence-electron chi connectivity index (χ1n) is 10.9. The quantitative estimate of drug-likeness (QED) is 0.645. The van der Waals surface area contributed by atoms with Gasteiger partial charge in [0, 0.05) is 47.1 Å². The predicted molar refractivity (Wildman–Crippen MR) is 123 cm³/mol. The normalized spacial score (nSPS) is 24.7. The number of hydrogen-bond acceptors (Lipinski definition) is 6. The molecule has 3 aromatic rings. The maximum atomic E-state index is 10.7. The van der Waals surface area contributed by atoms with E-state index >= 15 is 0 Å². The van der Waals surface area contributed by atoms with Crippen LogP contribution in [0.2, 0.25) is 0 Å². The zero-order chi connectivity index (χ0) is 20.9. The van der Waals surface area contributed by atoms with Crippen molar-refractivity contribution in [2.24, 2.45) is 13.0 Å². The Morgan fingerprint density at radius 3 is 2.68 bits per heavy atom. The Kier molecular flexibility index (Phi) is 4.61. The van der Waals surface area contributed by atoms with Crippen molar-refractivity contribution in [2.75, 3.05) is 5.75 Å². The molecule has 31 heavy (non-hydrogen) atoms. The van der Waals surface area contributed by atoms with Gasteiger partial charge in [-0.25, -0.2) is 0 Å². The molecule has 0 aliphatic carbocycles. The van der Waals surface area contributed by atoms with Crippen LogP contribution in [-0.4, -0.2) is 42.9 Å². The van der Waals surface area contributed by atoms with Gasteiger partial charge in [0.05, 0.1) is 11.9 Å². The van der Waals surface area contributed by atoms with E-state index in [1.807, 2.05) is 25.4 Å². The summed E-state index contributed by atoms with van der Waals surface area (Å²) in [4.78, 5) is 1.17. The molecular formula is C24H25N5OS. The van der Waals surface area contributed by atoms with Crippen molar-refractivity contribution in [3.63, 3.8) is 0 Å². The summed E-state index contributed by atoms with van der Waals surface area (Å²) in [5, 5.41) is 27.9. The number of allylic oxidation sites excluding steroid dienone is 1. The first-order valence-corrected chi connectivity index (χ1v) is 11.9. The molecule has 2 bridgehead atoms. The average Bonchev–Trinajstić information content (AvgIpc) is 3.37. The number of aromatic nitrogens is 4. The third-order valence-corrected chi connectivity index (χ3v) is 7.75. The van der Waals surface area contributed by atoms with E-state index in [4.69, 9.17) is 0 Å². The zero-order valence-electron chi connectivity index (χ0n) is 17.5. The van der Waals surface area contributed by atoms with E-state index in [2.05, 4.69) is 32.8 Å². The summed E-state index contributed by atoms with van der Waals surface area (Å²) in [6.45, 7) is 0. The molecule has 0 spiro atoms. The lowest BCUT2D eigenvalue weighted by Crippen LogP contribution is -2.38. The number of phenolic OH excluding ortho intramolecular Hbond substituents is 1. The van der Waals surface area contributed by atoms with Gasteiger partial charge in [-0.1, -0.05) is 12.1 Å². The Labute approximate surface area is 185 Å². The number of nitrogens with one attached hydrogen (secondary N) is 1. The fourth-order valence-corrected chi connectivity index (χ4v) is 6.24. The minimum Gasteiger partial charge on any atom is -0.507 e. The van der Waals surface area contributed by atoms with Gasteiger partial charge in [-0.2, -0.15) is 5.10 Å². The monoisotopic (exact) mass is 431 g/mol. The number of piperidine rings is 1. The second-order valence-corrected chi connectivity index (χ2v) is 9.92. The molecule has 6 nitrogen and oxygen atoms in total. The molecule has 1 aromatic carbocycles. The van der Waals surface area contributed by atoms with Crippen LogP contribution >= 0.6 is 11.8 Å². The number of aryl methyl sites for hydroxylation is 1. The molecule has 0 unspecified atom stereocenters.